The van der Waals surface area contributed by atoms with E-state index in [9.17, 15) is 4.79 Å². The van der Waals surface area contributed by atoms with E-state index in [4.69, 9.17) is 4.74 Å². The van der Waals surface area contributed by atoms with Crippen LogP contribution in [0.4, 0.5) is 0 Å². The van der Waals surface area contributed by atoms with Gasteiger partial charge >= 0.3 is 0 Å². The van der Waals surface area contributed by atoms with Crippen molar-refractivity contribution in [2.24, 2.45) is 0 Å². The molecular formula is C13H24N4O2. The SMILES string of the molecule is CCCOCCCNC(=O)c1n[nH]c(C(C)(C)C)n1. The number of aromatic amines is 1. The average Bonchev–Trinajstić information content (AvgIpc) is 2.82. The van der Waals surface area contributed by atoms with Crippen LogP contribution in [-0.4, -0.2) is 40.8 Å². The fraction of sp³-hybridized carbons (Fsp3) is 0.769. The highest BCUT2D eigenvalue weighted by molar-refractivity contribution is 5.90. The molecule has 6 heteroatoms. The van der Waals surface area contributed by atoms with Crippen molar-refractivity contribution in [3.8, 4) is 0 Å². The first-order valence-electron chi connectivity index (χ1n) is 6.74. The van der Waals surface area contributed by atoms with E-state index < -0.39 is 0 Å². The van der Waals surface area contributed by atoms with Crippen LogP contribution >= 0.6 is 0 Å². The predicted molar refractivity (Wildman–Crippen MR) is 73.1 cm³/mol. The summed E-state index contributed by atoms with van der Waals surface area (Å²) in [5.74, 6) is 0.658. The summed E-state index contributed by atoms with van der Waals surface area (Å²) in [4.78, 5) is 16.0. The van der Waals surface area contributed by atoms with Crippen LogP contribution in [0.15, 0.2) is 0 Å². The quantitative estimate of drug-likeness (QED) is 0.737. The Labute approximate surface area is 114 Å². The maximum absolute atomic E-state index is 11.8. The Morgan fingerprint density at radius 1 is 1.37 bits per heavy atom. The highest BCUT2D eigenvalue weighted by Crippen LogP contribution is 2.17. The van der Waals surface area contributed by atoms with Crippen molar-refractivity contribution >= 4 is 5.91 Å². The Kier molecular flexibility index (Phi) is 5.95. The van der Waals surface area contributed by atoms with Gasteiger partial charge in [0.05, 0.1) is 0 Å². The van der Waals surface area contributed by atoms with Gasteiger partial charge in [0, 0.05) is 25.2 Å². The molecule has 0 aliphatic heterocycles. The van der Waals surface area contributed by atoms with E-state index in [-0.39, 0.29) is 17.1 Å². The maximum Gasteiger partial charge on any atom is 0.290 e. The van der Waals surface area contributed by atoms with Gasteiger partial charge in [0.1, 0.15) is 5.82 Å². The smallest absolute Gasteiger partial charge is 0.290 e. The van der Waals surface area contributed by atoms with Gasteiger partial charge < -0.3 is 10.1 Å². The first-order chi connectivity index (χ1) is 8.95. The molecular weight excluding hydrogens is 244 g/mol. The van der Waals surface area contributed by atoms with Gasteiger partial charge in [-0.25, -0.2) is 4.98 Å². The lowest BCUT2D eigenvalue weighted by Crippen LogP contribution is -2.26. The number of nitrogens with one attached hydrogen (secondary N) is 2. The number of nitrogens with zero attached hydrogens (tertiary/aromatic N) is 2. The Bertz CT molecular complexity index is 396. The lowest BCUT2D eigenvalue weighted by Gasteiger charge is -2.12. The molecule has 0 aliphatic carbocycles. The number of aromatic nitrogens is 3. The molecule has 0 aromatic carbocycles. The molecule has 1 amide bonds. The van der Waals surface area contributed by atoms with Gasteiger partial charge in [-0.3, -0.25) is 9.89 Å². The highest BCUT2D eigenvalue weighted by Gasteiger charge is 2.20. The maximum atomic E-state index is 11.8. The Morgan fingerprint density at radius 3 is 2.68 bits per heavy atom. The lowest BCUT2D eigenvalue weighted by molar-refractivity contribution is 0.0931. The molecule has 0 radical (unpaired) electrons. The van der Waals surface area contributed by atoms with Crippen LogP contribution in [0.25, 0.3) is 0 Å². The van der Waals surface area contributed by atoms with Crippen LogP contribution in [-0.2, 0) is 10.2 Å². The molecule has 0 aliphatic rings. The van der Waals surface area contributed by atoms with Crippen LogP contribution in [0.5, 0.6) is 0 Å². The summed E-state index contributed by atoms with van der Waals surface area (Å²) in [6.45, 7) is 10.1. The van der Waals surface area contributed by atoms with E-state index in [2.05, 4.69) is 27.4 Å². The topological polar surface area (TPSA) is 79.9 Å². The lowest BCUT2D eigenvalue weighted by atomic mass is 9.96. The molecule has 1 rings (SSSR count). The van der Waals surface area contributed by atoms with E-state index in [1.807, 2.05) is 20.8 Å². The number of carbonyl (C=O) groups excluding carboxylic acids is 1. The van der Waals surface area contributed by atoms with Gasteiger partial charge in [-0.05, 0) is 12.8 Å². The second-order valence-electron chi connectivity index (χ2n) is 5.48. The molecule has 6 nitrogen and oxygen atoms in total. The molecule has 1 heterocycles. The van der Waals surface area contributed by atoms with E-state index in [0.717, 1.165) is 19.4 Å². The van der Waals surface area contributed by atoms with E-state index in [1.165, 1.54) is 0 Å². The van der Waals surface area contributed by atoms with Gasteiger partial charge in [-0.2, -0.15) is 0 Å². The van der Waals surface area contributed by atoms with Crippen molar-refractivity contribution in [2.45, 2.75) is 46.0 Å². The fourth-order valence-corrected chi connectivity index (χ4v) is 1.40. The summed E-state index contributed by atoms with van der Waals surface area (Å²) < 4.78 is 5.33. The monoisotopic (exact) mass is 268 g/mol. The van der Waals surface area contributed by atoms with Crippen molar-refractivity contribution < 1.29 is 9.53 Å². The van der Waals surface area contributed by atoms with Crippen molar-refractivity contribution in [3.05, 3.63) is 11.6 Å². The summed E-state index contributed by atoms with van der Waals surface area (Å²) in [5, 5.41) is 9.51. The minimum atomic E-state index is -0.248. The van der Waals surface area contributed by atoms with Crippen LogP contribution in [0.1, 0.15) is 57.0 Å². The van der Waals surface area contributed by atoms with Crippen molar-refractivity contribution in [3.63, 3.8) is 0 Å². The first kappa shape index (κ1) is 15.6. The number of rotatable bonds is 7. The summed E-state index contributed by atoms with van der Waals surface area (Å²) >= 11 is 0. The van der Waals surface area contributed by atoms with Gasteiger partial charge in [0.15, 0.2) is 0 Å². The Hall–Kier alpha value is -1.43. The third-order valence-electron chi connectivity index (χ3n) is 2.50. The summed E-state index contributed by atoms with van der Waals surface area (Å²) in [6, 6.07) is 0. The first-order valence-corrected chi connectivity index (χ1v) is 6.74. The van der Waals surface area contributed by atoms with E-state index in [0.29, 0.717) is 19.0 Å². The second-order valence-corrected chi connectivity index (χ2v) is 5.48. The zero-order valence-electron chi connectivity index (χ0n) is 12.2. The van der Waals surface area contributed by atoms with Gasteiger partial charge in [-0.1, -0.05) is 27.7 Å². The van der Waals surface area contributed by atoms with Crippen LogP contribution in [0.2, 0.25) is 0 Å². The number of amides is 1. The van der Waals surface area contributed by atoms with Crippen molar-refractivity contribution in [2.75, 3.05) is 19.8 Å². The number of carbonyl (C=O) groups is 1. The predicted octanol–water partition coefficient (Wildman–Crippen LogP) is 1.65. The minimum absolute atomic E-state index is 0.139. The molecule has 0 saturated heterocycles. The normalized spacial score (nSPS) is 11.6. The molecule has 0 atom stereocenters. The van der Waals surface area contributed by atoms with Crippen molar-refractivity contribution in [1.29, 1.82) is 0 Å². The number of hydrogen-bond acceptors (Lipinski definition) is 4. The van der Waals surface area contributed by atoms with Gasteiger partial charge in [-0.15, -0.1) is 5.10 Å². The molecule has 108 valence electrons. The number of H-pyrrole nitrogens is 1. The molecule has 0 fully saturated rings. The van der Waals surface area contributed by atoms with Crippen LogP contribution in [0, 0.1) is 0 Å². The summed E-state index contributed by atoms with van der Waals surface area (Å²) in [6.07, 6.45) is 1.81. The average molecular weight is 268 g/mol. The standard InChI is InChI=1S/C13H24N4O2/c1-5-8-19-9-6-7-14-11(18)10-15-12(17-16-10)13(2,3)4/h5-9H2,1-4H3,(H,14,18)(H,15,16,17). The molecule has 0 saturated carbocycles. The molecule has 19 heavy (non-hydrogen) atoms. The molecule has 2 N–H and O–H groups in total. The van der Waals surface area contributed by atoms with E-state index in [1.54, 1.807) is 0 Å². The molecule has 1 aromatic rings. The third-order valence-corrected chi connectivity index (χ3v) is 2.50. The minimum Gasteiger partial charge on any atom is -0.381 e. The largest absolute Gasteiger partial charge is 0.381 e. The second kappa shape index (κ2) is 7.23. The van der Waals surface area contributed by atoms with Crippen LogP contribution < -0.4 is 5.32 Å². The zero-order chi connectivity index (χ0) is 14.3. The Balaban J connectivity index is 2.32. The van der Waals surface area contributed by atoms with Crippen molar-refractivity contribution in [1.82, 2.24) is 20.5 Å². The molecule has 1 aromatic heterocycles. The Morgan fingerprint density at radius 2 is 2.11 bits per heavy atom. The van der Waals surface area contributed by atoms with Gasteiger partial charge in [0.25, 0.3) is 5.91 Å². The summed E-state index contributed by atoms with van der Waals surface area (Å²) in [7, 11) is 0. The van der Waals surface area contributed by atoms with E-state index >= 15 is 0 Å². The van der Waals surface area contributed by atoms with Gasteiger partial charge in [0.2, 0.25) is 5.82 Å². The number of hydrogen-bond donors (Lipinski definition) is 2. The molecule has 0 bridgehead atoms. The summed E-state index contributed by atoms with van der Waals surface area (Å²) in [5.41, 5.74) is -0.139. The zero-order valence-corrected chi connectivity index (χ0v) is 12.2. The molecule has 0 spiro atoms. The fourth-order valence-electron chi connectivity index (χ4n) is 1.40. The third kappa shape index (κ3) is 5.38. The van der Waals surface area contributed by atoms with Crippen LogP contribution in [0.3, 0.4) is 0 Å². The number of ether oxygens (including phenoxy) is 1. The molecule has 0 unspecified atom stereocenters. The highest BCUT2D eigenvalue weighted by atomic mass is 16.5.